The van der Waals surface area contributed by atoms with Crippen molar-refractivity contribution in [2.45, 2.75) is 70.3 Å². The van der Waals surface area contributed by atoms with Crippen molar-refractivity contribution in [2.24, 2.45) is 0 Å². The minimum Gasteiger partial charge on any atom is -0.378 e. The largest absolute Gasteiger partial charge is 0.378 e. The molecule has 0 unspecified atom stereocenters. The van der Waals surface area contributed by atoms with Crippen molar-refractivity contribution < 1.29 is 9.13 Å². The van der Waals surface area contributed by atoms with Crippen LogP contribution in [0.2, 0.25) is 0 Å². The van der Waals surface area contributed by atoms with Crippen LogP contribution in [0.5, 0.6) is 0 Å². The molecule has 1 saturated carbocycles. The number of rotatable bonds is 9. The summed E-state index contributed by atoms with van der Waals surface area (Å²) in [7, 11) is 0. The van der Waals surface area contributed by atoms with Gasteiger partial charge in [-0.05, 0) is 73.6 Å². The fourth-order valence-corrected chi connectivity index (χ4v) is 4.11. The van der Waals surface area contributed by atoms with Crippen LogP contribution >= 0.6 is 0 Å². The Bertz CT molecular complexity index is 742. The topological polar surface area (TPSA) is 9.23 Å². The number of hydrogen-bond acceptors (Lipinski definition) is 1. The van der Waals surface area contributed by atoms with Gasteiger partial charge in [0.25, 0.3) is 0 Å². The normalized spacial score (nSPS) is 19.5. The lowest BCUT2D eigenvalue weighted by atomic mass is 9.82. The van der Waals surface area contributed by atoms with E-state index in [2.05, 4.69) is 37.8 Å². The van der Waals surface area contributed by atoms with Crippen molar-refractivity contribution in [1.29, 1.82) is 0 Å². The van der Waals surface area contributed by atoms with E-state index in [4.69, 9.17) is 4.74 Å². The standard InChI is InChI=1S/C26H33FO/c1-3-5-7-20-8-17-25(26(27)19-20)23-11-9-21(10-12-23)22-13-15-24(16-14-22)28-18-6-4-2/h3,8-12,17,19,22,24H,1,4-7,13-16,18H2,2H3. The Morgan fingerprint density at radius 2 is 1.82 bits per heavy atom. The first-order valence-corrected chi connectivity index (χ1v) is 10.8. The summed E-state index contributed by atoms with van der Waals surface area (Å²) in [6.45, 7) is 6.83. The van der Waals surface area contributed by atoms with Crippen molar-refractivity contribution in [2.75, 3.05) is 6.61 Å². The van der Waals surface area contributed by atoms with Gasteiger partial charge in [0.05, 0.1) is 6.10 Å². The zero-order chi connectivity index (χ0) is 19.8. The van der Waals surface area contributed by atoms with Gasteiger partial charge >= 0.3 is 0 Å². The number of unbranched alkanes of at least 4 members (excludes halogenated alkanes) is 1. The van der Waals surface area contributed by atoms with Gasteiger partial charge in [-0.3, -0.25) is 0 Å². The van der Waals surface area contributed by atoms with Gasteiger partial charge in [-0.15, -0.1) is 6.58 Å². The van der Waals surface area contributed by atoms with E-state index in [1.54, 1.807) is 6.07 Å². The highest BCUT2D eigenvalue weighted by atomic mass is 19.1. The molecule has 0 spiro atoms. The third-order valence-corrected chi connectivity index (χ3v) is 5.89. The lowest BCUT2D eigenvalue weighted by molar-refractivity contribution is 0.0232. The minimum atomic E-state index is -0.140. The predicted molar refractivity (Wildman–Crippen MR) is 116 cm³/mol. The third kappa shape index (κ3) is 5.54. The van der Waals surface area contributed by atoms with E-state index in [-0.39, 0.29) is 5.82 Å². The molecule has 2 aromatic rings. The van der Waals surface area contributed by atoms with Crippen LogP contribution in [0.25, 0.3) is 11.1 Å². The van der Waals surface area contributed by atoms with Gasteiger partial charge in [-0.2, -0.15) is 0 Å². The van der Waals surface area contributed by atoms with E-state index in [0.717, 1.165) is 49.8 Å². The Balaban J connectivity index is 1.59. The van der Waals surface area contributed by atoms with Gasteiger partial charge < -0.3 is 4.74 Å². The first-order valence-electron chi connectivity index (χ1n) is 10.8. The molecule has 0 bridgehead atoms. The summed E-state index contributed by atoms with van der Waals surface area (Å²) < 4.78 is 20.5. The van der Waals surface area contributed by atoms with E-state index >= 15 is 0 Å². The second-order valence-corrected chi connectivity index (χ2v) is 7.96. The smallest absolute Gasteiger partial charge is 0.131 e. The Morgan fingerprint density at radius 3 is 2.46 bits per heavy atom. The Hall–Kier alpha value is -1.93. The van der Waals surface area contributed by atoms with E-state index in [1.807, 2.05) is 18.2 Å². The molecule has 0 heterocycles. The van der Waals surface area contributed by atoms with Gasteiger partial charge in [0, 0.05) is 12.2 Å². The highest BCUT2D eigenvalue weighted by Crippen LogP contribution is 2.35. The first-order chi connectivity index (χ1) is 13.7. The molecule has 150 valence electrons. The van der Waals surface area contributed by atoms with Crippen LogP contribution in [0, 0.1) is 5.82 Å². The van der Waals surface area contributed by atoms with Crippen LogP contribution in [-0.4, -0.2) is 12.7 Å². The molecule has 28 heavy (non-hydrogen) atoms. The summed E-state index contributed by atoms with van der Waals surface area (Å²) in [6.07, 6.45) is 11.0. The molecule has 0 atom stereocenters. The fourth-order valence-electron chi connectivity index (χ4n) is 4.11. The second-order valence-electron chi connectivity index (χ2n) is 7.96. The monoisotopic (exact) mass is 380 g/mol. The zero-order valence-electron chi connectivity index (χ0n) is 17.1. The van der Waals surface area contributed by atoms with Crippen LogP contribution in [0.4, 0.5) is 4.39 Å². The van der Waals surface area contributed by atoms with Crippen LogP contribution < -0.4 is 0 Å². The quantitative estimate of drug-likeness (QED) is 0.324. The number of benzene rings is 2. The van der Waals surface area contributed by atoms with Crippen molar-refractivity contribution >= 4 is 0 Å². The molecule has 0 aliphatic heterocycles. The summed E-state index contributed by atoms with van der Waals surface area (Å²) in [6, 6.07) is 14.1. The molecule has 1 aliphatic carbocycles. The molecule has 0 saturated heterocycles. The molecule has 0 aromatic heterocycles. The number of halogens is 1. The van der Waals surface area contributed by atoms with Gasteiger partial charge in [0.15, 0.2) is 0 Å². The Labute approximate surface area is 169 Å². The highest BCUT2D eigenvalue weighted by Gasteiger charge is 2.22. The van der Waals surface area contributed by atoms with E-state index in [0.29, 0.717) is 17.6 Å². The highest BCUT2D eigenvalue weighted by molar-refractivity contribution is 5.65. The van der Waals surface area contributed by atoms with Gasteiger partial charge in [0.1, 0.15) is 5.82 Å². The molecular weight excluding hydrogens is 347 g/mol. The molecular formula is C26H33FO. The maximum atomic E-state index is 14.5. The van der Waals surface area contributed by atoms with Crippen molar-refractivity contribution in [3.05, 3.63) is 72.1 Å². The molecule has 0 radical (unpaired) electrons. The maximum Gasteiger partial charge on any atom is 0.131 e. The molecule has 2 aromatic carbocycles. The summed E-state index contributed by atoms with van der Waals surface area (Å²) in [4.78, 5) is 0. The Morgan fingerprint density at radius 1 is 1.07 bits per heavy atom. The second kappa shape index (κ2) is 10.6. The fraction of sp³-hybridized carbons (Fsp3) is 0.462. The van der Waals surface area contributed by atoms with Gasteiger partial charge in [0.2, 0.25) is 0 Å². The average molecular weight is 381 g/mol. The number of aryl methyl sites for hydroxylation is 1. The summed E-state index contributed by atoms with van der Waals surface area (Å²) in [5.41, 5.74) is 4.03. The molecule has 2 heteroatoms. The van der Waals surface area contributed by atoms with E-state index < -0.39 is 0 Å². The van der Waals surface area contributed by atoms with E-state index in [9.17, 15) is 4.39 Å². The lowest BCUT2D eigenvalue weighted by Gasteiger charge is -2.29. The van der Waals surface area contributed by atoms with Crippen molar-refractivity contribution in [1.82, 2.24) is 0 Å². The zero-order valence-corrected chi connectivity index (χ0v) is 17.1. The predicted octanol–water partition coefficient (Wildman–Crippen LogP) is 7.45. The molecule has 0 N–H and O–H groups in total. The average Bonchev–Trinajstić information content (AvgIpc) is 2.73. The molecule has 3 rings (SSSR count). The SMILES string of the molecule is C=CCCc1ccc(-c2ccc(C3CCC(OCCCC)CC3)cc2)c(F)c1. The van der Waals surface area contributed by atoms with Crippen molar-refractivity contribution in [3.63, 3.8) is 0 Å². The third-order valence-electron chi connectivity index (χ3n) is 5.89. The van der Waals surface area contributed by atoms with Gasteiger partial charge in [-0.1, -0.05) is 55.8 Å². The van der Waals surface area contributed by atoms with Crippen LogP contribution in [-0.2, 0) is 11.2 Å². The van der Waals surface area contributed by atoms with Crippen LogP contribution in [0.15, 0.2) is 55.1 Å². The molecule has 1 nitrogen and oxygen atoms in total. The summed E-state index contributed by atoms with van der Waals surface area (Å²) in [5.74, 6) is 0.463. The summed E-state index contributed by atoms with van der Waals surface area (Å²) in [5, 5.41) is 0. The number of ether oxygens (including phenoxy) is 1. The first kappa shape index (κ1) is 20.8. The molecule has 0 amide bonds. The van der Waals surface area contributed by atoms with Crippen molar-refractivity contribution in [3.8, 4) is 11.1 Å². The van der Waals surface area contributed by atoms with Gasteiger partial charge in [-0.25, -0.2) is 4.39 Å². The lowest BCUT2D eigenvalue weighted by Crippen LogP contribution is -2.21. The minimum absolute atomic E-state index is 0.140. The number of allylic oxidation sites excluding steroid dienone is 1. The molecule has 1 aliphatic rings. The Kier molecular flexibility index (Phi) is 7.85. The van der Waals surface area contributed by atoms with E-state index in [1.165, 1.54) is 24.8 Å². The molecule has 1 fully saturated rings. The number of hydrogen-bond donors (Lipinski definition) is 0. The summed E-state index contributed by atoms with van der Waals surface area (Å²) >= 11 is 0. The maximum absolute atomic E-state index is 14.5. The van der Waals surface area contributed by atoms with Crippen LogP contribution in [0.1, 0.15) is 68.9 Å². The van der Waals surface area contributed by atoms with Crippen LogP contribution in [0.3, 0.4) is 0 Å².